The predicted octanol–water partition coefficient (Wildman–Crippen LogP) is 13.2. The van der Waals surface area contributed by atoms with Gasteiger partial charge >= 0.3 is 0 Å². The Kier molecular flexibility index (Phi) is 3.44. The van der Waals surface area contributed by atoms with E-state index in [4.69, 9.17) is 19.5 Å². The van der Waals surface area contributed by atoms with E-state index in [1.54, 1.807) is 12.1 Å². The number of hydrogen-bond acceptors (Lipinski definition) is 1. The first-order chi connectivity index (χ1) is 29.1. The lowest BCUT2D eigenvalue weighted by atomic mass is 9.85. The molecule has 0 atom stereocenters. The first-order valence-electron chi connectivity index (χ1n) is 22.0. The average Bonchev–Trinajstić information content (AvgIpc) is 3.67. The van der Waals surface area contributed by atoms with Gasteiger partial charge in [0.2, 0.25) is 0 Å². The van der Waals surface area contributed by atoms with Gasteiger partial charge in [-0.05, 0) is 101 Å². The highest BCUT2D eigenvalue weighted by Gasteiger charge is 2.18. The molecule has 0 aliphatic carbocycles. The third kappa shape index (κ3) is 4.03. The second-order valence-corrected chi connectivity index (χ2v) is 11.4. The molecule has 47 heavy (non-hydrogen) atoms. The Morgan fingerprint density at radius 1 is 0.383 bits per heavy atom. The SMILES string of the molecule is [2H]c1c([2H])c([2H])c(-c2ccc3cc(-c4c5ccccc5c(-c5c([2H])c([2H])c6c(oc7c8c([2H])c([2H])c([2H])c([2H])c8c([2H])c([2H])c76)c5[2H])c5ccccc45)ccc3c2)c([2H])c1[2H]. The van der Waals surface area contributed by atoms with Crippen LogP contribution in [0.2, 0.25) is 0 Å². The van der Waals surface area contributed by atoms with Crippen LogP contribution in [-0.2, 0) is 0 Å². The summed E-state index contributed by atoms with van der Waals surface area (Å²) in [5.74, 6) is 0. The van der Waals surface area contributed by atoms with Crippen LogP contribution in [0.5, 0.6) is 0 Å². The van der Waals surface area contributed by atoms with Gasteiger partial charge in [0.25, 0.3) is 0 Å². The fourth-order valence-corrected chi connectivity index (χ4v) is 6.69. The van der Waals surface area contributed by atoms with Crippen molar-refractivity contribution in [2.24, 2.45) is 0 Å². The Bertz CT molecular complexity index is 3560. The largest absolute Gasteiger partial charge is 0.455 e. The van der Waals surface area contributed by atoms with Gasteiger partial charge in [0, 0.05) is 16.2 Å². The maximum absolute atomic E-state index is 9.64. The van der Waals surface area contributed by atoms with Crippen LogP contribution in [0.15, 0.2) is 174 Å². The molecule has 0 fully saturated rings. The topological polar surface area (TPSA) is 13.1 Å². The van der Waals surface area contributed by atoms with Crippen molar-refractivity contribution in [1.29, 1.82) is 0 Å². The normalized spacial score (nSPS) is 16.0. The lowest BCUT2D eigenvalue weighted by Crippen LogP contribution is -1.91. The van der Waals surface area contributed by atoms with Gasteiger partial charge in [-0.15, -0.1) is 0 Å². The Hall–Kier alpha value is -6.18. The van der Waals surface area contributed by atoms with E-state index in [0.717, 1.165) is 32.7 Å². The van der Waals surface area contributed by atoms with E-state index in [2.05, 4.69) is 0 Å². The first-order valence-corrected chi connectivity index (χ1v) is 15.0. The van der Waals surface area contributed by atoms with Crippen LogP contribution < -0.4 is 0 Å². The third-order valence-electron chi connectivity index (χ3n) is 8.79. The van der Waals surface area contributed by atoms with Crippen molar-refractivity contribution < 1.29 is 23.6 Å². The highest BCUT2D eigenvalue weighted by molar-refractivity contribution is 6.23. The zero-order valence-corrected chi connectivity index (χ0v) is 24.5. The molecule has 1 nitrogen and oxygen atoms in total. The molecule has 0 saturated heterocycles. The van der Waals surface area contributed by atoms with Crippen LogP contribution in [0.1, 0.15) is 19.2 Å². The zero-order valence-electron chi connectivity index (χ0n) is 38.5. The van der Waals surface area contributed by atoms with E-state index in [9.17, 15) is 4.11 Å². The minimum atomic E-state index is -0.564. The molecule has 0 aliphatic heterocycles. The van der Waals surface area contributed by atoms with E-state index >= 15 is 0 Å². The molecule has 0 aliphatic rings. The van der Waals surface area contributed by atoms with Gasteiger partial charge in [-0.3, -0.25) is 0 Å². The van der Waals surface area contributed by atoms with Crippen LogP contribution in [-0.4, -0.2) is 0 Å². The molecule has 1 heterocycles. The maximum Gasteiger partial charge on any atom is 0.143 e. The van der Waals surface area contributed by atoms with Gasteiger partial charge in [0.15, 0.2) is 0 Å². The van der Waals surface area contributed by atoms with Gasteiger partial charge < -0.3 is 4.42 Å². The summed E-state index contributed by atoms with van der Waals surface area (Å²) in [7, 11) is 0. The van der Waals surface area contributed by atoms with Crippen molar-refractivity contribution in [3.8, 4) is 33.4 Å². The molecule has 0 amide bonds. The molecular formula is C46H28O. The van der Waals surface area contributed by atoms with Crippen LogP contribution in [0.3, 0.4) is 0 Å². The Morgan fingerprint density at radius 2 is 0.979 bits per heavy atom. The average molecular weight is 611 g/mol. The summed E-state index contributed by atoms with van der Waals surface area (Å²) in [5.41, 5.74) is 2.61. The van der Waals surface area contributed by atoms with Gasteiger partial charge in [-0.25, -0.2) is 0 Å². The summed E-state index contributed by atoms with van der Waals surface area (Å²) in [5, 5.41) is 4.09. The van der Waals surface area contributed by atoms with Gasteiger partial charge in [-0.1, -0.05) is 139 Å². The molecule has 0 spiro atoms. The molecule has 218 valence electrons. The molecule has 0 saturated carbocycles. The molecule has 0 bridgehead atoms. The first kappa shape index (κ1) is 15.9. The highest BCUT2D eigenvalue weighted by atomic mass is 16.3. The van der Waals surface area contributed by atoms with Crippen LogP contribution in [0.25, 0.3) is 98.4 Å². The smallest absolute Gasteiger partial charge is 0.143 e. The zero-order chi connectivity index (χ0) is 43.1. The molecule has 0 radical (unpaired) electrons. The third-order valence-corrected chi connectivity index (χ3v) is 8.79. The van der Waals surface area contributed by atoms with Crippen molar-refractivity contribution in [3.05, 3.63) is 170 Å². The van der Waals surface area contributed by atoms with Crippen LogP contribution in [0, 0.1) is 0 Å². The number of hydrogen-bond donors (Lipinski definition) is 0. The summed E-state index contributed by atoms with van der Waals surface area (Å²) in [6.07, 6.45) is 0. The van der Waals surface area contributed by atoms with Gasteiger partial charge in [0.1, 0.15) is 11.2 Å². The summed E-state index contributed by atoms with van der Waals surface area (Å²) in [6.45, 7) is 0. The van der Waals surface area contributed by atoms with Crippen LogP contribution >= 0.6 is 0 Å². The summed E-state index contributed by atoms with van der Waals surface area (Å²) in [6, 6.07) is 20.6. The van der Waals surface area contributed by atoms with Crippen LogP contribution in [0.4, 0.5) is 0 Å². The number of furan rings is 1. The van der Waals surface area contributed by atoms with Crippen molar-refractivity contribution >= 4 is 65.0 Å². The van der Waals surface area contributed by atoms with E-state index in [1.165, 1.54) is 0 Å². The molecule has 1 aromatic heterocycles. The van der Waals surface area contributed by atoms with E-state index in [1.807, 2.05) is 72.8 Å². The molecule has 9 aromatic carbocycles. The molecule has 0 unspecified atom stereocenters. The number of rotatable bonds is 3. The number of benzene rings is 9. The molecule has 10 aromatic rings. The fourth-order valence-electron chi connectivity index (χ4n) is 6.69. The molecular weight excluding hydrogens is 569 g/mol. The molecule has 1 heteroatoms. The Balaban J connectivity index is 1.23. The minimum absolute atomic E-state index is 0.0577. The number of fused-ring (bicyclic) bond motifs is 8. The Morgan fingerprint density at radius 3 is 1.70 bits per heavy atom. The van der Waals surface area contributed by atoms with Gasteiger partial charge in [0.05, 0.1) is 19.2 Å². The van der Waals surface area contributed by atoms with Crippen molar-refractivity contribution in [1.82, 2.24) is 0 Å². The summed E-state index contributed by atoms with van der Waals surface area (Å²) in [4.78, 5) is 0. The highest BCUT2D eigenvalue weighted by Crippen LogP contribution is 2.45. The maximum atomic E-state index is 9.64. The lowest BCUT2D eigenvalue weighted by Gasteiger charge is -2.18. The fraction of sp³-hybridized carbons (Fsp3) is 0. The molecule has 10 rings (SSSR count). The second kappa shape index (κ2) is 10.2. The van der Waals surface area contributed by atoms with Crippen molar-refractivity contribution in [2.75, 3.05) is 0 Å². The monoisotopic (exact) mass is 610 g/mol. The van der Waals surface area contributed by atoms with Crippen molar-refractivity contribution in [2.45, 2.75) is 0 Å². The van der Waals surface area contributed by atoms with E-state index < -0.39 is 54.4 Å². The van der Waals surface area contributed by atoms with E-state index in [0.29, 0.717) is 21.9 Å². The van der Waals surface area contributed by atoms with Gasteiger partial charge in [-0.2, -0.15) is 0 Å². The van der Waals surface area contributed by atoms with E-state index in [-0.39, 0.29) is 74.0 Å². The molecule has 0 N–H and O–H groups in total. The predicted molar refractivity (Wildman–Crippen MR) is 200 cm³/mol. The van der Waals surface area contributed by atoms with Crippen molar-refractivity contribution in [3.63, 3.8) is 0 Å². The standard InChI is InChI=1S/C46H28O/c1-2-10-29(11-3-1)31-18-19-33-27-34(21-20-32(33)26-31)44-38-14-6-8-16-40(38)45(41-17-9-7-15-39(41)44)35-23-24-37-42-25-22-30-12-4-5-13-36(30)46(42)47-43(37)28-35/h1-28H/i1D,2D,3D,4D,5D,10D,11D,12D,13D,22D,23D,24D,25D,28D. The Labute approximate surface area is 291 Å². The quantitative estimate of drug-likeness (QED) is 0.181. The summed E-state index contributed by atoms with van der Waals surface area (Å²) >= 11 is 0. The summed E-state index contributed by atoms with van der Waals surface area (Å²) < 4.78 is 127. The minimum Gasteiger partial charge on any atom is -0.455 e. The lowest BCUT2D eigenvalue weighted by molar-refractivity contribution is 0.673. The second-order valence-electron chi connectivity index (χ2n) is 11.4.